The summed E-state index contributed by atoms with van der Waals surface area (Å²) in [5.74, 6) is 0.831. The minimum atomic E-state index is 0.680. The van der Waals surface area contributed by atoms with Crippen molar-refractivity contribution in [2.75, 3.05) is 39.5 Å². The number of hydrogen-bond acceptors (Lipinski definition) is 4. The van der Waals surface area contributed by atoms with Gasteiger partial charge in [0.15, 0.2) is 0 Å². The normalized spacial score (nSPS) is 16.2. The van der Waals surface area contributed by atoms with Crippen LogP contribution in [-0.2, 0) is 4.74 Å². The van der Waals surface area contributed by atoms with Gasteiger partial charge in [0.1, 0.15) is 12.0 Å². The predicted molar refractivity (Wildman–Crippen MR) is 73.8 cm³/mol. The fourth-order valence-corrected chi connectivity index (χ4v) is 2.09. The molecule has 1 aromatic rings. The van der Waals surface area contributed by atoms with Gasteiger partial charge in [-0.2, -0.15) is 0 Å². The van der Waals surface area contributed by atoms with E-state index in [2.05, 4.69) is 4.90 Å². The minimum Gasteiger partial charge on any atom is -0.494 e. The number of nitrogens with zero attached hydrogens (tertiary/aromatic N) is 1. The van der Waals surface area contributed by atoms with Gasteiger partial charge < -0.3 is 9.47 Å². The van der Waals surface area contributed by atoms with E-state index in [0.717, 1.165) is 64.3 Å². The van der Waals surface area contributed by atoms with Crippen molar-refractivity contribution < 1.29 is 14.3 Å². The fraction of sp³-hybridized carbons (Fsp3) is 0.533. The largest absolute Gasteiger partial charge is 0.494 e. The molecular weight excluding hydrogens is 242 g/mol. The topological polar surface area (TPSA) is 38.8 Å². The van der Waals surface area contributed by atoms with Gasteiger partial charge in [-0.05, 0) is 43.7 Å². The molecule has 2 rings (SSSR count). The van der Waals surface area contributed by atoms with Gasteiger partial charge in [-0.15, -0.1) is 0 Å². The average Bonchev–Trinajstić information content (AvgIpc) is 2.49. The molecule has 0 amide bonds. The number of aldehydes is 1. The third-order valence-electron chi connectivity index (χ3n) is 3.26. The second kappa shape index (κ2) is 7.92. The lowest BCUT2D eigenvalue weighted by atomic mass is 10.2. The summed E-state index contributed by atoms with van der Waals surface area (Å²) in [5, 5.41) is 0. The summed E-state index contributed by atoms with van der Waals surface area (Å²) in [7, 11) is 0. The highest BCUT2D eigenvalue weighted by Gasteiger charge is 2.08. The summed E-state index contributed by atoms with van der Waals surface area (Å²) in [6.45, 7) is 5.67. The van der Waals surface area contributed by atoms with Crippen molar-refractivity contribution in [2.45, 2.75) is 12.8 Å². The van der Waals surface area contributed by atoms with E-state index in [1.807, 2.05) is 12.1 Å². The molecule has 0 saturated carbocycles. The molecule has 0 aliphatic carbocycles. The highest BCUT2D eigenvalue weighted by atomic mass is 16.5. The molecular formula is C15H21NO3. The molecule has 104 valence electrons. The van der Waals surface area contributed by atoms with Crippen LogP contribution in [0.15, 0.2) is 24.3 Å². The van der Waals surface area contributed by atoms with Gasteiger partial charge in [-0.25, -0.2) is 0 Å². The lowest BCUT2D eigenvalue weighted by Crippen LogP contribution is -2.36. The Kier molecular flexibility index (Phi) is 5.85. The van der Waals surface area contributed by atoms with Gasteiger partial charge in [0, 0.05) is 18.7 Å². The number of rotatable bonds is 7. The average molecular weight is 263 g/mol. The van der Waals surface area contributed by atoms with E-state index >= 15 is 0 Å². The molecule has 1 aliphatic rings. The second-order valence-corrected chi connectivity index (χ2v) is 4.70. The molecule has 19 heavy (non-hydrogen) atoms. The molecule has 1 aromatic carbocycles. The molecule has 1 saturated heterocycles. The maximum Gasteiger partial charge on any atom is 0.150 e. The Bertz CT molecular complexity index is 371. The van der Waals surface area contributed by atoms with Crippen molar-refractivity contribution >= 4 is 6.29 Å². The Hall–Kier alpha value is -1.39. The molecule has 0 N–H and O–H groups in total. The van der Waals surface area contributed by atoms with Crippen LogP contribution in [0.1, 0.15) is 23.2 Å². The Morgan fingerprint density at radius 3 is 2.58 bits per heavy atom. The monoisotopic (exact) mass is 263 g/mol. The van der Waals surface area contributed by atoms with Crippen LogP contribution in [0.5, 0.6) is 5.75 Å². The molecule has 0 radical (unpaired) electrons. The maximum absolute atomic E-state index is 10.5. The number of carbonyl (C=O) groups excluding carboxylic acids is 1. The van der Waals surface area contributed by atoms with Crippen molar-refractivity contribution in [3.8, 4) is 5.75 Å². The standard InChI is InChI=1S/C15H21NO3/c17-13-14-3-5-15(6-4-14)19-10-2-1-7-16-8-11-18-12-9-16/h3-6,13H,1-2,7-12H2. The molecule has 0 spiro atoms. The Labute approximate surface area is 114 Å². The Morgan fingerprint density at radius 2 is 1.89 bits per heavy atom. The van der Waals surface area contributed by atoms with Gasteiger partial charge in [-0.1, -0.05) is 0 Å². The van der Waals surface area contributed by atoms with Crippen LogP contribution in [0, 0.1) is 0 Å². The molecule has 1 aliphatic heterocycles. The summed E-state index contributed by atoms with van der Waals surface area (Å²) >= 11 is 0. The first-order valence-corrected chi connectivity index (χ1v) is 6.86. The SMILES string of the molecule is O=Cc1ccc(OCCCCN2CCOCC2)cc1. The number of morpholine rings is 1. The zero-order chi connectivity index (χ0) is 13.3. The molecule has 0 unspecified atom stereocenters. The van der Waals surface area contributed by atoms with Crippen molar-refractivity contribution in [3.63, 3.8) is 0 Å². The summed E-state index contributed by atoms with van der Waals surface area (Å²) in [4.78, 5) is 12.9. The predicted octanol–water partition coefficient (Wildman–Crippen LogP) is 1.99. The highest BCUT2D eigenvalue weighted by molar-refractivity contribution is 5.74. The Morgan fingerprint density at radius 1 is 1.16 bits per heavy atom. The van der Waals surface area contributed by atoms with Crippen LogP contribution < -0.4 is 4.74 Å². The smallest absolute Gasteiger partial charge is 0.150 e. The highest BCUT2D eigenvalue weighted by Crippen LogP contribution is 2.11. The third kappa shape index (κ3) is 5.01. The zero-order valence-electron chi connectivity index (χ0n) is 11.2. The van der Waals surface area contributed by atoms with Gasteiger partial charge >= 0.3 is 0 Å². The molecule has 0 atom stereocenters. The first-order valence-electron chi connectivity index (χ1n) is 6.86. The van der Waals surface area contributed by atoms with Crippen LogP contribution in [0.3, 0.4) is 0 Å². The van der Waals surface area contributed by atoms with Crippen LogP contribution in [-0.4, -0.2) is 50.6 Å². The van der Waals surface area contributed by atoms with Crippen molar-refractivity contribution in [1.29, 1.82) is 0 Å². The summed E-state index contributed by atoms with van der Waals surface area (Å²) in [6, 6.07) is 7.23. The zero-order valence-corrected chi connectivity index (χ0v) is 11.2. The molecule has 1 heterocycles. The van der Waals surface area contributed by atoms with E-state index in [1.54, 1.807) is 12.1 Å². The van der Waals surface area contributed by atoms with Crippen LogP contribution in [0.4, 0.5) is 0 Å². The lowest BCUT2D eigenvalue weighted by molar-refractivity contribution is 0.0368. The number of benzene rings is 1. The number of hydrogen-bond donors (Lipinski definition) is 0. The van der Waals surface area contributed by atoms with Gasteiger partial charge in [0.2, 0.25) is 0 Å². The molecule has 0 bridgehead atoms. The first kappa shape index (κ1) is 14.0. The van der Waals surface area contributed by atoms with Crippen molar-refractivity contribution in [1.82, 2.24) is 4.90 Å². The molecule has 4 nitrogen and oxygen atoms in total. The first-order chi connectivity index (χ1) is 9.38. The third-order valence-corrected chi connectivity index (χ3v) is 3.26. The summed E-state index contributed by atoms with van der Waals surface area (Å²) in [5.41, 5.74) is 0.680. The van der Waals surface area contributed by atoms with Gasteiger partial charge in [0.05, 0.1) is 19.8 Å². The van der Waals surface area contributed by atoms with Crippen LogP contribution >= 0.6 is 0 Å². The molecule has 1 fully saturated rings. The fourth-order valence-electron chi connectivity index (χ4n) is 2.09. The minimum absolute atomic E-state index is 0.680. The van der Waals surface area contributed by atoms with Crippen LogP contribution in [0.2, 0.25) is 0 Å². The number of carbonyl (C=O) groups is 1. The van der Waals surface area contributed by atoms with E-state index in [1.165, 1.54) is 0 Å². The maximum atomic E-state index is 10.5. The van der Waals surface area contributed by atoms with Gasteiger partial charge in [-0.3, -0.25) is 9.69 Å². The molecule has 4 heteroatoms. The van der Waals surface area contributed by atoms with E-state index in [0.29, 0.717) is 5.56 Å². The quantitative estimate of drug-likeness (QED) is 0.557. The van der Waals surface area contributed by atoms with Crippen LogP contribution in [0.25, 0.3) is 0 Å². The second-order valence-electron chi connectivity index (χ2n) is 4.70. The number of unbranched alkanes of at least 4 members (excludes halogenated alkanes) is 1. The van der Waals surface area contributed by atoms with E-state index < -0.39 is 0 Å². The lowest BCUT2D eigenvalue weighted by Gasteiger charge is -2.26. The van der Waals surface area contributed by atoms with Crippen molar-refractivity contribution in [3.05, 3.63) is 29.8 Å². The Balaban J connectivity index is 1.56. The van der Waals surface area contributed by atoms with E-state index in [9.17, 15) is 4.79 Å². The summed E-state index contributed by atoms with van der Waals surface area (Å²) < 4.78 is 10.9. The molecule has 0 aromatic heterocycles. The summed E-state index contributed by atoms with van der Waals surface area (Å²) in [6.07, 6.45) is 3.03. The van der Waals surface area contributed by atoms with E-state index in [4.69, 9.17) is 9.47 Å². The van der Waals surface area contributed by atoms with Crippen molar-refractivity contribution in [2.24, 2.45) is 0 Å². The number of ether oxygens (including phenoxy) is 2. The van der Waals surface area contributed by atoms with Gasteiger partial charge in [0.25, 0.3) is 0 Å². The van der Waals surface area contributed by atoms with E-state index in [-0.39, 0.29) is 0 Å².